The van der Waals surface area contributed by atoms with Crippen LogP contribution in [0.2, 0.25) is 0 Å². The van der Waals surface area contributed by atoms with Crippen molar-refractivity contribution in [2.75, 3.05) is 13.4 Å². The second-order valence-corrected chi connectivity index (χ2v) is 9.87. The summed E-state index contributed by atoms with van der Waals surface area (Å²) in [5.41, 5.74) is -2.16. The van der Waals surface area contributed by atoms with Gasteiger partial charge in [-0.25, -0.2) is 4.79 Å². The molecule has 9 nitrogen and oxygen atoms in total. The standard InChI is InChI=1S/C17H17F8N3O6S/c18-17(19,20)15-12(6-9-5-11(2-3-13(9)34-15)35(21,22,23,24)25)16(30)33-8-32-14-4-1-10(7-29)28(14)26-27-31/h2-3,5-6,10,14-15,27,29H,1,4,7-8H2/t10-,14?,15?/m0/s1. The van der Waals surface area contributed by atoms with Gasteiger partial charge >= 0.3 is 22.4 Å². The van der Waals surface area contributed by atoms with E-state index in [9.17, 15) is 47.7 Å². The van der Waals surface area contributed by atoms with Gasteiger partial charge in [-0.15, -0.1) is 5.01 Å². The van der Waals surface area contributed by atoms with E-state index in [2.05, 4.69) is 14.7 Å². The van der Waals surface area contributed by atoms with Gasteiger partial charge in [-0.1, -0.05) is 19.4 Å². The van der Waals surface area contributed by atoms with Crippen LogP contribution in [-0.4, -0.2) is 54.0 Å². The molecule has 2 aliphatic rings. The van der Waals surface area contributed by atoms with Gasteiger partial charge in [0.25, 0.3) is 0 Å². The molecule has 2 aliphatic heterocycles. The maximum absolute atomic E-state index is 13.4. The van der Waals surface area contributed by atoms with E-state index in [1.165, 1.54) is 5.28 Å². The van der Waals surface area contributed by atoms with Gasteiger partial charge in [-0.3, -0.25) is 0 Å². The highest BCUT2D eigenvalue weighted by Crippen LogP contribution is 3.02. The third kappa shape index (κ3) is 6.04. The van der Waals surface area contributed by atoms with E-state index in [1.807, 2.05) is 0 Å². The molecule has 0 radical (unpaired) electrons. The van der Waals surface area contributed by atoms with Crippen molar-refractivity contribution in [1.82, 2.24) is 5.01 Å². The Labute approximate surface area is 191 Å². The van der Waals surface area contributed by atoms with Crippen molar-refractivity contribution in [1.29, 1.82) is 0 Å². The van der Waals surface area contributed by atoms with Gasteiger partial charge in [0, 0.05) is 12.0 Å². The molecule has 198 valence electrons. The van der Waals surface area contributed by atoms with Gasteiger partial charge in [0.2, 0.25) is 12.3 Å². The maximum Gasteiger partial charge on any atom is 0.430 e. The van der Waals surface area contributed by atoms with Crippen LogP contribution >= 0.6 is 10.2 Å². The number of carbonyl (C=O) groups is 1. The zero-order chi connectivity index (χ0) is 26.3. The fraction of sp³-hybridized carbons (Fsp3) is 0.471. The number of hydrogen-bond donors (Lipinski definition) is 2. The van der Waals surface area contributed by atoms with Crippen molar-refractivity contribution in [3.05, 3.63) is 34.5 Å². The number of rotatable bonds is 7. The van der Waals surface area contributed by atoms with Crippen LogP contribution in [0.25, 0.3) is 6.08 Å². The first-order valence-corrected chi connectivity index (χ1v) is 11.5. The third-order valence-electron chi connectivity index (χ3n) is 5.03. The second-order valence-electron chi connectivity index (χ2n) is 7.46. The van der Waals surface area contributed by atoms with Crippen LogP contribution in [0.4, 0.5) is 32.6 Å². The smallest absolute Gasteiger partial charge is 0.430 e. The van der Waals surface area contributed by atoms with Crippen LogP contribution in [0.1, 0.15) is 18.4 Å². The molecule has 2 unspecified atom stereocenters. The summed E-state index contributed by atoms with van der Waals surface area (Å²) in [6.45, 7) is -1.39. The van der Waals surface area contributed by atoms with E-state index < -0.39 is 75.9 Å². The fourth-order valence-corrected chi connectivity index (χ4v) is 4.12. The van der Waals surface area contributed by atoms with E-state index in [0.29, 0.717) is 18.6 Å². The van der Waals surface area contributed by atoms with E-state index in [-0.39, 0.29) is 18.6 Å². The number of esters is 1. The Morgan fingerprint density at radius 3 is 2.51 bits per heavy atom. The predicted octanol–water partition coefficient (Wildman–Crippen LogP) is 3.30. The summed E-state index contributed by atoms with van der Waals surface area (Å²) in [6.07, 6.45) is -8.38. The molecule has 0 spiro atoms. The highest BCUT2D eigenvalue weighted by molar-refractivity contribution is 8.45. The first-order valence-electron chi connectivity index (χ1n) is 9.53. The molecule has 2 heterocycles. The van der Waals surface area contributed by atoms with Gasteiger partial charge in [0.05, 0.1) is 17.4 Å². The quantitative estimate of drug-likeness (QED) is 0.178. The van der Waals surface area contributed by atoms with Crippen LogP contribution < -0.4 is 10.0 Å². The summed E-state index contributed by atoms with van der Waals surface area (Å²) in [4.78, 5) is 9.93. The molecule has 1 fully saturated rings. The number of hydrogen-bond acceptors (Lipinski definition) is 7. The lowest BCUT2D eigenvalue weighted by molar-refractivity contribution is -0.484. The average molecular weight is 543 g/mol. The van der Waals surface area contributed by atoms with Crippen molar-refractivity contribution in [3.63, 3.8) is 0 Å². The minimum Gasteiger partial charge on any atom is -0.698 e. The van der Waals surface area contributed by atoms with Crippen molar-refractivity contribution >= 4 is 22.3 Å². The molecule has 0 amide bonds. The first-order chi connectivity index (χ1) is 15.9. The van der Waals surface area contributed by atoms with Crippen LogP contribution in [0.15, 0.2) is 33.9 Å². The molecule has 2 N–H and O–H groups in total. The van der Waals surface area contributed by atoms with E-state index >= 15 is 0 Å². The average Bonchev–Trinajstić information content (AvgIpc) is 3.12. The number of halogens is 8. The molecule has 0 bridgehead atoms. The number of carbonyl (C=O) groups excluding carboxylic acids is 1. The summed E-state index contributed by atoms with van der Waals surface area (Å²) >= 11 is 0. The largest absolute Gasteiger partial charge is 0.698 e. The van der Waals surface area contributed by atoms with Crippen LogP contribution in [0.5, 0.6) is 5.75 Å². The van der Waals surface area contributed by atoms with Gasteiger partial charge in [-0.05, 0) is 30.7 Å². The Balaban J connectivity index is 1.82. The molecule has 3 atom stereocenters. The zero-order valence-electron chi connectivity index (χ0n) is 17.2. The number of aliphatic hydroxyl groups excluding tert-OH is 1. The van der Waals surface area contributed by atoms with Crippen molar-refractivity contribution in [2.24, 2.45) is 5.22 Å². The number of aliphatic hydroxyl groups is 1. The third-order valence-corrected chi connectivity index (χ3v) is 6.18. The molecule has 35 heavy (non-hydrogen) atoms. The Morgan fingerprint density at radius 2 is 1.94 bits per heavy atom. The normalized spacial score (nSPS) is 24.9. The lowest BCUT2D eigenvalue weighted by atomic mass is 10.0. The maximum atomic E-state index is 13.4. The van der Waals surface area contributed by atoms with Gasteiger partial charge < -0.3 is 24.5 Å². The molecule has 0 saturated carbocycles. The summed E-state index contributed by atoms with van der Waals surface area (Å²) in [6, 6.07) is -0.576. The number of fused-ring (bicyclic) bond motifs is 1. The van der Waals surface area contributed by atoms with Gasteiger partial charge in [0.15, 0.2) is 6.79 Å². The minimum atomic E-state index is -10.2. The molecule has 3 rings (SSSR count). The number of alkyl halides is 3. The van der Waals surface area contributed by atoms with Crippen molar-refractivity contribution in [3.8, 4) is 5.75 Å². The highest BCUT2D eigenvalue weighted by Gasteiger charge is 2.65. The van der Waals surface area contributed by atoms with Gasteiger partial charge in [-0.2, -0.15) is 18.4 Å². The molecule has 0 aliphatic carbocycles. The molecular formula is C17H17F8N3O6S. The Bertz CT molecular complexity index is 1050. The summed E-state index contributed by atoms with van der Waals surface area (Å²) in [7, 11) is -10.2. The Kier molecular flexibility index (Phi) is 6.39. The SMILES string of the molecule is O=C(OCOC1CC[C@@H](CO)N1/N=[NH+]\[O-])C1=Cc2cc(S(F)(F)(F)(F)F)ccc2OC1C(F)(F)F. The number of ether oxygens (including phenoxy) is 3. The van der Waals surface area contributed by atoms with E-state index in [1.54, 1.807) is 0 Å². The first kappa shape index (κ1) is 26.7. The molecular weight excluding hydrogens is 526 g/mol. The van der Waals surface area contributed by atoms with Crippen LogP contribution in [0, 0.1) is 5.21 Å². The number of benzene rings is 1. The predicted molar refractivity (Wildman–Crippen MR) is 101 cm³/mol. The molecule has 18 heteroatoms. The second kappa shape index (κ2) is 8.37. The number of nitrogens with one attached hydrogen (secondary N) is 1. The topological polar surface area (TPSA) is 118 Å². The summed E-state index contributed by atoms with van der Waals surface area (Å²) in [5.74, 6) is -2.52. The van der Waals surface area contributed by atoms with Gasteiger partial charge in [0.1, 0.15) is 16.7 Å². The minimum absolute atomic E-state index is 0.117. The lowest BCUT2D eigenvalue weighted by Gasteiger charge is -2.41. The fourth-order valence-electron chi connectivity index (χ4n) is 3.44. The molecule has 1 saturated heterocycles. The van der Waals surface area contributed by atoms with E-state index in [4.69, 9.17) is 4.74 Å². The Hall–Kier alpha value is -2.86. The monoisotopic (exact) mass is 543 g/mol. The van der Waals surface area contributed by atoms with Crippen molar-refractivity contribution in [2.45, 2.75) is 42.3 Å². The summed E-state index contributed by atoms with van der Waals surface area (Å²) < 4.78 is 120. The number of nitrogens with zero attached hydrogens (tertiary/aromatic N) is 2. The molecule has 1 aromatic rings. The van der Waals surface area contributed by atoms with Crippen LogP contribution in [0.3, 0.4) is 0 Å². The zero-order valence-corrected chi connectivity index (χ0v) is 18.0. The summed E-state index contributed by atoms with van der Waals surface area (Å²) in [5, 5.41) is 25.3. The molecule has 1 aromatic carbocycles. The van der Waals surface area contributed by atoms with Crippen LogP contribution in [-0.2, 0) is 14.3 Å². The lowest BCUT2D eigenvalue weighted by Crippen LogP contribution is -2.60. The highest BCUT2D eigenvalue weighted by atomic mass is 32.5. The van der Waals surface area contributed by atoms with E-state index in [0.717, 1.165) is 5.01 Å². The molecule has 0 aromatic heterocycles. The van der Waals surface area contributed by atoms with Crippen molar-refractivity contribution < 1.29 is 62.0 Å². The Morgan fingerprint density at radius 1 is 1.26 bits per heavy atom.